The minimum Gasteiger partial charge on any atom is -0.364 e. The van der Waals surface area contributed by atoms with E-state index in [1.807, 2.05) is 47.8 Å². The summed E-state index contributed by atoms with van der Waals surface area (Å²) >= 11 is 1.66. The summed E-state index contributed by atoms with van der Waals surface area (Å²) in [6.45, 7) is 0. The fourth-order valence-electron chi connectivity index (χ4n) is 2.11. The molecule has 0 fully saturated rings. The first-order valence-corrected chi connectivity index (χ1v) is 6.83. The first kappa shape index (κ1) is 11.9. The molecule has 3 nitrogen and oxygen atoms in total. The Balaban J connectivity index is 2.15. The Hall–Kier alpha value is -2.20. The Kier molecular flexibility index (Phi) is 3.01. The minimum absolute atomic E-state index is 0.368. The molecular formula is C15H12N2OS. The highest BCUT2D eigenvalue weighted by Gasteiger charge is 2.12. The van der Waals surface area contributed by atoms with Gasteiger partial charge in [0.25, 0.3) is 5.91 Å². The Labute approximate surface area is 114 Å². The molecule has 0 spiro atoms. The van der Waals surface area contributed by atoms with Gasteiger partial charge in [0, 0.05) is 16.7 Å². The maximum atomic E-state index is 11.6. The van der Waals surface area contributed by atoms with Gasteiger partial charge in [-0.1, -0.05) is 24.3 Å². The Morgan fingerprint density at radius 1 is 1.21 bits per heavy atom. The van der Waals surface area contributed by atoms with Crippen molar-refractivity contribution in [2.75, 3.05) is 0 Å². The Morgan fingerprint density at radius 2 is 2.05 bits per heavy atom. The summed E-state index contributed by atoms with van der Waals surface area (Å²) in [5.41, 5.74) is 7.48. The second-order valence-corrected chi connectivity index (χ2v) is 5.34. The van der Waals surface area contributed by atoms with Crippen LogP contribution >= 0.6 is 11.3 Å². The van der Waals surface area contributed by atoms with E-state index in [0.717, 1.165) is 16.5 Å². The molecule has 2 N–H and O–H groups in total. The van der Waals surface area contributed by atoms with E-state index >= 15 is 0 Å². The lowest BCUT2D eigenvalue weighted by Gasteiger charge is -2.07. The average Bonchev–Trinajstić information content (AvgIpc) is 2.90. The monoisotopic (exact) mass is 268 g/mol. The maximum absolute atomic E-state index is 11.6. The summed E-state index contributed by atoms with van der Waals surface area (Å²) in [5.74, 6) is -0.475. The van der Waals surface area contributed by atoms with Crippen molar-refractivity contribution in [3.8, 4) is 0 Å². The molecule has 0 atom stereocenters. The molecule has 0 saturated carbocycles. The Bertz CT molecular complexity index is 735. The van der Waals surface area contributed by atoms with E-state index in [0.29, 0.717) is 12.1 Å². The van der Waals surface area contributed by atoms with Crippen LogP contribution in [0.2, 0.25) is 0 Å². The molecule has 2 heterocycles. The highest BCUT2D eigenvalue weighted by atomic mass is 32.1. The highest BCUT2D eigenvalue weighted by molar-refractivity contribution is 7.09. The van der Waals surface area contributed by atoms with Crippen molar-refractivity contribution in [1.82, 2.24) is 4.98 Å². The summed E-state index contributed by atoms with van der Waals surface area (Å²) < 4.78 is 0. The molecule has 0 saturated heterocycles. The van der Waals surface area contributed by atoms with Crippen molar-refractivity contribution in [2.45, 2.75) is 6.42 Å². The number of fused-ring (bicyclic) bond motifs is 1. The van der Waals surface area contributed by atoms with Crippen LogP contribution in [-0.4, -0.2) is 10.9 Å². The number of nitrogens with two attached hydrogens (primary N) is 1. The molecule has 1 aromatic carbocycles. The molecule has 0 bridgehead atoms. The molecule has 0 aliphatic carbocycles. The van der Waals surface area contributed by atoms with Crippen LogP contribution in [0.4, 0.5) is 0 Å². The average molecular weight is 268 g/mol. The summed E-state index contributed by atoms with van der Waals surface area (Å²) in [4.78, 5) is 17.1. The van der Waals surface area contributed by atoms with Gasteiger partial charge in [0.05, 0.1) is 5.52 Å². The van der Waals surface area contributed by atoms with E-state index in [1.165, 1.54) is 4.88 Å². The lowest BCUT2D eigenvalue weighted by molar-refractivity contribution is 0.0995. The number of nitrogens with zero attached hydrogens (tertiary/aromatic N) is 1. The number of rotatable bonds is 3. The Morgan fingerprint density at radius 3 is 2.79 bits per heavy atom. The molecule has 3 aromatic rings. The molecule has 0 radical (unpaired) electrons. The lowest BCUT2D eigenvalue weighted by atomic mass is 10.1. The van der Waals surface area contributed by atoms with Crippen molar-refractivity contribution >= 4 is 28.1 Å². The van der Waals surface area contributed by atoms with Gasteiger partial charge >= 0.3 is 0 Å². The first-order valence-electron chi connectivity index (χ1n) is 5.95. The number of amides is 1. The first-order chi connectivity index (χ1) is 9.24. The number of carbonyl (C=O) groups excluding carboxylic acids is 1. The zero-order valence-corrected chi connectivity index (χ0v) is 11.0. The van der Waals surface area contributed by atoms with Crippen LogP contribution in [0, 0.1) is 0 Å². The number of pyridine rings is 1. The van der Waals surface area contributed by atoms with Crippen molar-refractivity contribution < 1.29 is 4.79 Å². The van der Waals surface area contributed by atoms with Gasteiger partial charge < -0.3 is 5.73 Å². The predicted molar refractivity (Wildman–Crippen MR) is 77.4 cm³/mol. The van der Waals surface area contributed by atoms with Crippen LogP contribution < -0.4 is 5.73 Å². The van der Waals surface area contributed by atoms with Gasteiger partial charge in [-0.3, -0.25) is 4.79 Å². The highest BCUT2D eigenvalue weighted by Crippen LogP contribution is 2.21. The number of carbonyl (C=O) groups is 1. The van der Waals surface area contributed by atoms with E-state index in [9.17, 15) is 4.79 Å². The molecule has 0 aliphatic rings. The normalized spacial score (nSPS) is 10.7. The molecule has 3 rings (SSSR count). The molecule has 4 heteroatoms. The van der Waals surface area contributed by atoms with Crippen LogP contribution in [-0.2, 0) is 6.42 Å². The van der Waals surface area contributed by atoms with Gasteiger partial charge in [-0.2, -0.15) is 0 Å². The minimum atomic E-state index is -0.475. The van der Waals surface area contributed by atoms with E-state index in [1.54, 1.807) is 11.3 Å². The number of aromatic nitrogens is 1. The maximum Gasteiger partial charge on any atom is 0.267 e. The van der Waals surface area contributed by atoms with Crippen LogP contribution in [0.15, 0.2) is 47.8 Å². The number of primary amides is 1. The molecule has 0 aliphatic heterocycles. The number of benzene rings is 1. The van der Waals surface area contributed by atoms with Gasteiger partial charge in [0.2, 0.25) is 0 Å². The van der Waals surface area contributed by atoms with E-state index in [-0.39, 0.29) is 0 Å². The molecule has 0 unspecified atom stereocenters. The molecule has 2 aromatic heterocycles. The van der Waals surface area contributed by atoms with Gasteiger partial charge in [-0.15, -0.1) is 11.3 Å². The van der Waals surface area contributed by atoms with Crippen LogP contribution in [0.3, 0.4) is 0 Å². The predicted octanol–water partition coefficient (Wildman–Crippen LogP) is 2.99. The topological polar surface area (TPSA) is 56.0 Å². The van der Waals surface area contributed by atoms with Gasteiger partial charge in [-0.25, -0.2) is 4.98 Å². The zero-order chi connectivity index (χ0) is 13.2. The van der Waals surface area contributed by atoms with Gasteiger partial charge in [0.15, 0.2) is 0 Å². The van der Waals surface area contributed by atoms with Crippen molar-refractivity contribution in [3.05, 3.63) is 64.0 Å². The SMILES string of the molecule is NC(=O)c1nc2ccccc2cc1Cc1cccs1. The second kappa shape index (κ2) is 4.82. The lowest BCUT2D eigenvalue weighted by Crippen LogP contribution is -2.16. The van der Waals surface area contributed by atoms with E-state index < -0.39 is 5.91 Å². The number of hydrogen-bond donors (Lipinski definition) is 1. The molecule has 1 amide bonds. The van der Waals surface area contributed by atoms with E-state index in [2.05, 4.69) is 4.98 Å². The number of para-hydroxylation sites is 1. The summed E-state index contributed by atoms with van der Waals surface area (Å²) in [5, 5.41) is 3.05. The fraction of sp³-hybridized carbons (Fsp3) is 0.0667. The molecule has 94 valence electrons. The van der Waals surface area contributed by atoms with Crippen LogP contribution in [0.5, 0.6) is 0 Å². The molecule has 19 heavy (non-hydrogen) atoms. The standard InChI is InChI=1S/C15H12N2OS/c16-15(18)14-11(9-12-5-3-7-19-12)8-10-4-1-2-6-13(10)17-14/h1-8H,9H2,(H2,16,18). The smallest absolute Gasteiger partial charge is 0.267 e. The van der Waals surface area contributed by atoms with Crippen molar-refractivity contribution in [3.63, 3.8) is 0 Å². The zero-order valence-electron chi connectivity index (χ0n) is 10.2. The third kappa shape index (κ3) is 2.35. The van der Waals surface area contributed by atoms with Crippen molar-refractivity contribution in [2.24, 2.45) is 5.73 Å². The number of thiophene rings is 1. The third-order valence-electron chi connectivity index (χ3n) is 2.98. The second-order valence-electron chi connectivity index (χ2n) is 4.31. The van der Waals surface area contributed by atoms with Crippen molar-refractivity contribution in [1.29, 1.82) is 0 Å². The molecular weight excluding hydrogens is 256 g/mol. The summed E-state index contributed by atoms with van der Waals surface area (Å²) in [6.07, 6.45) is 0.688. The summed E-state index contributed by atoms with van der Waals surface area (Å²) in [6, 6.07) is 13.8. The van der Waals surface area contributed by atoms with Crippen LogP contribution in [0.25, 0.3) is 10.9 Å². The van der Waals surface area contributed by atoms with Gasteiger partial charge in [0.1, 0.15) is 5.69 Å². The van der Waals surface area contributed by atoms with E-state index in [4.69, 9.17) is 5.73 Å². The fourth-order valence-corrected chi connectivity index (χ4v) is 2.84. The quantitative estimate of drug-likeness (QED) is 0.794. The van der Waals surface area contributed by atoms with Gasteiger partial charge in [-0.05, 0) is 29.1 Å². The number of hydrogen-bond acceptors (Lipinski definition) is 3. The largest absolute Gasteiger partial charge is 0.364 e. The van der Waals surface area contributed by atoms with Crippen LogP contribution in [0.1, 0.15) is 20.9 Å². The third-order valence-corrected chi connectivity index (χ3v) is 3.86. The summed E-state index contributed by atoms with van der Waals surface area (Å²) in [7, 11) is 0.